The quantitative estimate of drug-likeness (QED) is 0.698. The molecule has 128 valence electrons. The summed E-state index contributed by atoms with van der Waals surface area (Å²) in [5.74, 6) is -1.03. The van der Waals surface area contributed by atoms with Gasteiger partial charge >= 0.3 is 0 Å². The van der Waals surface area contributed by atoms with Gasteiger partial charge < -0.3 is 10.4 Å². The first-order chi connectivity index (χ1) is 11.3. The maximum absolute atomic E-state index is 12.1. The van der Waals surface area contributed by atoms with Crippen molar-refractivity contribution in [1.29, 1.82) is 0 Å². The zero-order valence-corrected chi connectivity index (χ0v) is 13.9. The Balaban J connectivity index is 2.01. The van der Waals surface area contributed by atoms with Crippen molar-refractivity contribution in [2.24, 2.45) is 5.14 Å². The summed E-state index contributed by atoms with van der Waals surface area (Å²) in [4.78, 5) is 12.1. The molecule has 0 saturated heterocycles. The van der Waals surface area contributed by atoms with Crippen LogP contribution >= 0.6 is 0 Å². The molecule has 4 N–H and O–H groups in total. The third kappa shape index (κ3) is 5.68. The Labute approximate surface area is 141 Å². The fraction of sp³-hybridized carbons (Fsp3) is 0.235. The van der Waals surface area contributed by atoms with Crippen LogP contribution in [0.2, 0.25) is 0 Å². The average molecular weight is 348 g/mol. The minimum absolute atomic E-state index is 0.106. The van der Waals surface area contributed by atoms with Gasteiger partial charge in [0.25, 0.3) is 5.91 Å². The number of phenols is 1. The summed E-state index contributed by atoms with van der Waals surface area (Å²) >= 11 is 0. The molecule has 0 aliphatic carbocycles. The van der Waals surface area contributed by atoms with Crippen molar-refractivity contribution in [3.05, 3.63) is 65.2 Å². The number of aryl methyl sites for hydroxylation is 2. The van der Waals surface area contributed by atoms with Gasteiger partial charge in [0.2, 0.25) is 10.0 Å². The summed E-state index contributed by atoms with van der Waals surface area (Å²) in [5.41, 5.74) is 2.22. The number of primary sulfonamides is 1. The summed E-state index contributed by atoms with van der Waals surface area (Å²) in [5, 5.41) is 17.2. The van der Waals surface area contributed by atoms with Crippen LogP contribution in [0.5, 0.6) is 5.75 Å². The van der Waals surface area contributed by atoms with E-state index in [9.17, 15) is 18.3 Å². The molecule has 0 atom stereocenters. The lowest BCUT2D eigenvalue weighted by Gasteiger charge is -2.09. The zero-order valence-electron chi connectivity index (χ0n) is 13.1. The normalized spacial score (nSPS) is 11.2. The van der Waals surface area contributed by atoms with Crippen molar-refractivity contribution in [3.63, 3.8) is 0 Å². The molecule has 7 heteroatoms. The van der Waals surface area contributed by atoms with E-state index < -0.39 is 15.9 Å². The molecule has 0 heterocycles. The van der Waals surface area contributed by atoms with E-state index in [1.54, 1.807) is 12.1 Å². The van der Waals surface area contributed by atoms with Gasteiger partial charge in [-0.1, -0.05) is 36.4 Å². The van der Waals surface area contributed by atoms with E-state index in [0.717, 1.165) is 18.4 Å². The second-order valence-electron chi connectivity index (χ2n) is 5.46. The molecule has 0 aliphatic heterocycles. The Kier molecular flexibility index (Phi) is 5.94. The van der Waals surface area contributed by atoms with Crippen LogP contribution in [0, 0.1) is 0 Å². The maximum atomic E-state index is 12.1. The van der Waals surface area contributed by atoms with E-state index in [1.807, 2.05) is 30.3 Å². The molecular formula is C17H20N2O4S. The van der Waals surface area contributed by atoms with Gasteiger partial charge in [0.1, 0.15) is 5.75 Å². The second kappa shape index (κ2) is 7.94. The average Bonchev–Trinajstić information content (AvgIpc) is 2.53. The van der Waals surface area contributed by atoms with Crippen molar-refractivity contribution in [2.75, 3.05) is 12.3 Å². The molecule has 2 rings (SSSR count). The Morgan fingerprint density at radius 1 is 1.04 bits per heavy atom. The van der Waals surface area contributed by atoms with Crippen LogP contribution in [0.15, 0.2) is 48.5 Å². The predicted octanol–water partition coefficient (Wildman–Crippen LogP) is 1.20. The first-order valence-corrected chi connectivity index (χ1v) is 9.21. The number of nitrogens with two attached hydrogens (primary N) is 1. The molecule has 0 bridgehead atoms. The summed E-state index contributed by atoms with van der Waals surface area (Å²) in [7, 11) is -3.64. The van der Waals surface area contributed by atoms with E-state index >= 15 is 0 Å². The second-order valence-corrected chi connectivity index (χ2v) is 7.19. The first-order valence-electron chi connectivity index (χ1n) is 7.49. The highest BCUT2D eigenvalue weighted by Crippen LogP contribution is 2.19. The number of hydrogen-bond acceptors (Lipinski definition) is 4. The van der Waals surface area contributed by atoms with Crippen molar-refractivity contribution in [2.45, 2.75) is 12.8 Å². The van der Waals surface area contributed by atoms with Crippen LogP contribution < -0.4 is 10.5 Å². The van der Waals surface area contributed by atoms with Gasteiger partial charge in [0.15, 0.2) is 0 Å². The number of carbonyl (C=O) groups excluding carboxylic acids is 1. The van der Waals surface area contributed by atoms with E-state index in [4.69, 9.17) is 5.14 Å². The maximum Gasteiger partial charge on any atom is 0.255 e. The molecule has 0 aromatic heterocycles. The topological polar surface area (TPSA) is 109 Å². The van der Waals surface area contributed by atoms with E-state index in [1.165, 1.54) is 11.6 Å². The standard InChI is InChI=1S/C17H20N2O4S/c18-24(22,23)11-10-19-17(21)15-12-14(8-9-16(15)20)7-6-13-4-2-1-3-5-13/h1-5,8-9,12,20H,6-7,10-11H2,(H,19,21)(H2,18,22,23). The van der Waals surface area contributed by atoms with Crippen molar-refractivity contribution in [3.8, 4) is 5.75 Å². The molecule has 24 heavy (non-hydrogen) atoms. The fourth-order valence-corrected chi connectivity index (χ4v) is 2.64. The molecule has 0 saturated carbocycles. The van der Waals surface area contributed by atoms with E-state index in [0.29, 0.717) is 0 Å². The number of sulfonamides is 1. The lowest BCUT2D eigenvalue weighted by atomic mass is 10.0. The lowest BCUT2D eigenvalue weighted by molar-refractivity contribution is 0.0953. The van der Waals surface area contributed by atoms with Gasteiger partial charge in [0, 0.05) is 6.54 Å². The van der Waals surface area contributed by atoms with Gasteiger partial charge in [-0.3, -0.25) is 4.79 Å². The van der Waals surface area contributed by atoms with Gasteiger partial charge in [-0.25, -0.2) is 13.6 Å². The molecule has 2 aromatic rings. The van der Waals surface area contributed by atoms with Crippen LogP contribution in [-0.2, 0) is 22.9 Å². The molecule has 0 spiro atoms. The van der Waals surface area contributed by atoms with Gasteiger partial charge in [-0.15, -0.1) is 0 Å². The molecule has 6 nitrogen and oxygen atoms in total. The zero-order chi connectivity index (χ0) is 17.6. The first kappa shape index (κ1) is 18.0. The third-order valence-electron chi connectivity index (χ3n) is 3.52. The Morgan fingerprint density at radius 2 is 1.71 bits per heavy atom. The van der Waals surface area contributed by atoms with Crippen LogP contribution in [-0.4, -0.2) is 31.7 Å². The molecule has 0 fully saturated rings. The van der Waals surface area contributed by atoms with Crippen molar-refractivity contribution >= 4 is 15.9 Å². The highest BCUT2D eigenvalue weighted by molar-refractivity contribution is 7.89. The van der Waals surface area contributed by atoms with Gasteiger partial charge in [0.05, 0.1) is 11.3 Å². The Morgan fingerprint density at radius 3 is 2.38 bits per heavy atom. The molecular weight excluding hydrogens is 328 g/mol. The van der Waals surface area contributed by atoms with Crippen LogP contribution in [0.1, 0.15) is 21.5 Å². The number of carbonyl (C=O) groups is 1. The third-order valence-corrected chi connectivity index (χ3v) is 4.30. The number of benzene rings is 2. The smallest absolute Gasteiger partial charge is 0.255 e. The monoisotopic (exact) mass is 348 g/mol. The molecule has 0 radical (unpaired) electrons. The Bertz CT molecular complexity index is 805. The van der Waals surface area contributed by atoms with Crippen LogP contribution in [0.4, 0.5) is 0 Å². The minimum Gasteiger partial charge on any atom is -0.507 e. The minimum atomic E-state index is -3.64. The number of aromatic hydroxyl groups is 1. The summed E-state index contributed by atoms with van der Waals surface area (Å²) in [6.45, 7) is -0.106. The van der Waals surface area contributed by atoms with Gasteiger partial charge in [-0.2, -0.15) is 0 Å². The molecule has 0 aliphatic rings. The van der Waals surface area contributed by atoms with E-state index in [2.05, 4.69) is 5.32 Å². The number of amides is 1. The SMILES string of the molecule is NS(=O)(=O)CCNC(=O)c1cc(CCc2ccccc2)ccc1O. The fourth-order valence-electron chi connectivity index (χ4n) is 2.26. The van der Waals surface area contributed by atoms with Crippen LogP contribution in [0.25, 0.3) is 0 Å². The van der Waals surface area contributed by atoms with E-state index in [-0.39, 0.29) is 23.6 Å². The largest absolute Gasteiger partial charge is 0.507 e. The summed E-state index contributed by atoms with van der Waals surface area (Å²) < 4.78 is 21.7. The Hall–Kier alpha value is -2.38. The summed E-state index contributed by atoms with van der Waals surface area (Å²) in [6.07, 6.45) is 1.54. The highest BCUT2D eigenvalue weighted by atomic mass is 32.2. The molecule has 1 amide bonds. The number of phenolic OH excluding ortho intramolecular Hbond substituents is 1. The summed E-state index contributed by atoms with van der Waals surface area (Å²) in [6, 6.07) is 14.8. The van der Waals surface area contributed by atoms with Crippen LogP contribution in [0.3, 0.4) is 0 Å². The number of nitrogens with one attached hydrogen (secondary N) is 1. The lowest BCUT2D eigenvalue weighted by Crippen LogP contribution is -2.31. The molecule has 0 unspecified atom stereocenters. The molecule has 2 aromatic carbocycles. The number of rotatable bonds is 7. The predicted molar refractivity (Wildman–Crippen MR) is 92.3 cm³/mol. The van der Waals surface area contributed by atoms with Gasteiger partial charge in [-0.05, 0) is 36.1 Å². The van der Waals surface area contributed by atoms with Crippen molar-refractivity contribution < 1.29 is 18.3 Å². The number of hydrogen-bond donors (Lipinski definition) is 3. The van der Waals surface area contributed by atoms with Crippen molar-refractivity contribution in [1.82, 2.24) is 5.32 Å². The highest BCUT2D eigenvalue weighted by Gasteiger charge is 2.13.